The van der Waals surface area contributed by atoms with Crippen molar-refractivity contribution >= 4 is 11.9 Å². The first kappa shape index (κ1) is 17.2. The Bertz CT molecular complexity index is 733. The number of rotatable bonds is 4. The van der Waals surface area contributed by atoms with Crippen LogP contribution in [0.15, 0.2) is 24.3 Å². The molecule has 0 radical (unpaired) electrons. The molecule has 1 heterocycles. The first-order chi connectivity index (χ1) is 12.3. The fourth-order valence-electron chi connectivity index (χ4n) is 3.74. The second-order valence-electron chi connectivity index (χ2n) is 7.33. The maximum absolute atomic E-state index is 13.1. The van der Waals surface area contributed by atoms with Gasteiger partial charge in [-0.3, -0.25) is 4.79 Å². The van der Waals surface area contributed by atoms with Crippen molar-refractivity contribution in [3.8, 4) is 0 Å². The molecule has 1 aromatic carbocycles. The van der Waals surface area contributed by atoms with Gasteiger partial charge in [0.05, 0.1) is 11.6 Å². The Morgan fingerprint density at radius 1 is 1.15 bits per heavy atom. The maximum atomic E-state index is 13.1. The number of benzene rings is 1. The molecule has 2 saturated carbocycles. The molecule has 3 amide bonds. The molecule has 3 atom stereocenters. The number of hydrogen-bond acceptors (Lipinski definition) is 2. The van der Waals surface area contributed by atoms with Crippen molar-refractivity contribution in [2.75, 3.05) is 6.54 Å². The molecule has 0 aromatic heterocycles. The first-order valence-corrected chi connectivity index (χ1v) is 8.85. The summed E-state index contributed by atoms with van der Waals surface area (Å²) in [7, 11) is 0. The van der Waals surface area contributed by atoms with E-state index < -0.39 is 17.8 Å². The summed E-state index contributed by atoms with van der Waals surface area (Å²) in [6.45, 7) is 0.516. The van der Waals surface area contributed by atoms with E-state index in [-0.39, 0.29) is 35.9 Å². The standard InChI is InChI=1S/C18H20F3N3O2/c19-18(20,21)14-4-2-1-3-12(14)13-8-15(13)23-17(26)22-10-7-16(25)24(9-10)11-5-6-11/h1-4,10-11,13,15H,5-9H2,(H2,22,23,26). The Morgan fingerprint density at radius 3 is 2.58 bits per heavy atom. The predicted octanol–water partition coefficient (Wildman–Crippen LogP) is 2.62. The Labute approximate surface area is 148 Å². The fraction of sp³-hybridized carbons (Fsp3) is 0.556. The molecule has 3 aliphatic rings. The largest absolute Gasteiger partial charge is 0.416 e. The van der Waals surface area contributed by atoms with Crippen LogP contribution in [-0.2, 0) is 11.0 Å². The van der Waals surface area contributed by atoms with Gasteiger partial charge in [0.1, 0.15) is 0 Å². The highest BCUT2D eigenvalue weighted by molar-refractivity contribution is 5.82. The van der Waals surface area contributed by atoms with Gasteiger partial charge >= 0.3 is 12.2 Å². The van der Waals surface area contributed by atoms with Gasteiger partial charge in [-0.15, -0.1) is 0 Å². The molecule has 3 fully saturated rings. The van der Waals surface area contributed by atoms with Gasteiger partial charge in [-0.05, 0) is 30.9 Å². The smallest absolute Gasteiger partial charge is 0.338 e. The first-order valence-electron chi connectivity index (χ1n) is 8.85. The van der Waals surface area contributed by atoms with Crippen LogP contribution in [0.4, 0.5) is 18.0 Å². The Balaban J connectivity index is 1.31. The number of hydrogen-bond donors (Lipinski definition) is 2. The molecule has 2 aliphatic carbocycles. The summed E-state index contributed by atoms with van der Waals surface area (Å²) in [6, 6.07) is 4.85. The van der Waals surface area contributed by atoms with Gasteiger partial charge in [-0.25, -0.2) is 4.79 Å². The lowest BCUT2D eigenvalue weighted by atomic mass is 10.0. The van der Waals surface area contributed by atoms with Crippen LogP contribution in [0, 0.1) is 0 Å². The highest BCUT2D eigenvalue weighted by atomic mass is 19.4. The molecule has 140 valence electrons. The summed E-state index contributed by atoms with van der Waals surface area (Å²) in [5.74, 6) is -0.270. The summed E-state index contributed by atoms with van der Waals surface area (Å²) in [6.07, 6.45) is -1.59. The fourth-order valence-corrected chi connectivity index (χ4v) is 3.74. The lowest BCUT2D eigenvalue weighted by Crippen LogP contribution is -2.44. The molecule has 5 nitrogen and oxygen atoms in total. The van der Waals surface area contributed by atoms with Crippen molar-refractivity contribution in [3.05, 3.63) is 35.4 Å². The lowest BCUT2D eigenvalue weighted by Gasteiger charge is -2.16. The summed E-state index contributed by atoms with van der Waals surface area (Å²) < 4.78 is 39.3. The zero-order chi connectivity index (χ0) is 18.5. The zero-order valence-corrected chi connectivity index (χ0v) is 14.1. The van der Waals surface area contributed by atoms with Gasteiger partial charge in [0.25, 0.3) is 0 Å². The quantitative estimate of drug-likeness (QED) is 0.859. The van der Waals surface area contributed by atoms with Gasteiger partial charge in [0.2, 0.25) is 5.91 Å². The Morgan fingerprint density at radius 2 is 1.88 bits per heavy atom. The molecule has 1 saturated heterocycles. The third-order valence-corrected chi connectivity index (χ3v) is 5.25. The molecule has 4 rings (SSSR count). The molecule has 26 heavy (non-hydrogen) atoms. The van der Waals surface area contributed by atoms with Gasteiger partial charge in [0.15, 0.2) is 0 Å². The van der Waals surface area contributed by atoms with Crippen molar-refractivity contribution in [1.29, 1.82) is 0 Å². The number of nitrogens with zero attached hydrogens (tertiary/aromatic N) is 1. The van der Waals surface area contributed by atoms with Crippen LogP contribution in [0.25, 0.3) is 0 Å². The van der Waals surface area contributed by atoms with Crippen molar-refractivity contribution in [1.82, 2.24) is 15.5 Å². The van der Waals surface area contributed by atoms with Gasteiger partial charge < -0.3 is 15.5 Å². The predicted molar refractivity (Wildman–Crippen MR) is 87.4 cm³/mol. The molecule has 0 bridgehead atoms. The molecule has 8 heteroatoms. The van der Waals surface area contributed by atoms with Crippen LogP contribution in [0.3, 0.4) is 0 Å². The number of amides is 3. The maximum Gasteiger partial charge on any atom is 0.416 e. The van der Waals surface area contributed by atoms with Crippen molar-refractivity contribution in [2.45, 2.75) is 55.9 Å². The van der Waals surface area contributed by atoms with E-state index >= 15 is 0 Å². The highest BCUT2D eigenvalue weighted by Crippen LogP contribution is 2.46. The van der Waals surface area contributed by atoms with E-state index in [1.54, 1.807) is 6.07 Å². The summed E-state index contributed by atoms with van der Waals surface area (Å²) in [5.41, 5.74) is -0.419. The number of urea groups is 1. The number of halogens is 3. The third kappa shape index (κ3) is 3.50. The Kier molecular flexibility index (Phi) is 4.08. The summed E-state index contributed by atoms with van der Waals surface area (Å²) >= 11 is 0. The molecule has 1 aliphatic heterocycles. The minimum Gasteiger partial charge on any atom is -0.338 e. The number of carbonyl (C=O) groups excluding carboxylic acids is 2. The van der Waals surface area contributed by atoms with E-state index in [2.05, 4.69) is 10.6 Å². The zero-order valence-electron chi connectivity index (χ0n) is 14.1. The van der Waals surface area contributed by atoms with Gasteiger partial charge in [0, 0.05) is 31.0 Å². The molecular weight excluding hydrogens is 347 g/mol. The number of carbonyl (C=O) groups is 2. The average Bonchev–Trinajstić information content (AvgIpc) is 3.47. The summed E-state index contributed by atoms with van der Waals surface area (Å²) in [4.78, 5) is 25.8. The minimum atomic E-state index is -4.40. The van der Waals surface area contributed by atoms with Crippen molar-refractivity contribution in [3.63, 3.8) is 0 Å². The van der Waals surface area contributed by atoms with E-state index in [4.69, 9.17) is 0 Å². The molecule has 1 aromatic rings. The molecule has 0 spiro atoms. The molecule has 2 N–H and O–H groups in total. The van der Waals surface area contributed by atoms with E-state index in [1.165, 1.54) is 12.1 Å². The minimum absolute atomic E-state index is 0.0567. The number of alkyl halides is 3. The van der Waals surface area contributed by atoms with Crippen LogP contribution in [0.5, 0.6) is 0 Å². The van der Waals surface area contributed by atoms with Gasteiger partial charge in [-0.1, -0.05) is 18.2 Å². The second-order valence-corrected chi connectivity index (χ2v) is 7.33. The van der Waals surface area contributed by atoms with Crippen LogP contribution >= 0.6 is 0 Å². The highest BCUT2D eigenvalue weighted by Gasteiger charge is 2.45. The van der Waals surface area contributed by atoms with Crippen molar-refractivity contribution < 1.29 is 22.8 Å². The number of likely N-dealkylation sites (tertiary alicyclic amines) is 1. The Hall–Kier alpha value is -2.25. The monoisotopic (exact) mass is 367 g/mol. The van der Waals surface area contributed by atoms with E-state index in [1.807, 2.05) is 4.90 Å². The average molecular weight is 367 g/mol. The molecular formula is C18H20F3N3O2. The summed E-state index contributed by atoms with van der Waals surface area (Å²) in [5, 5.41) is 5.51. The normalized spacial score (nSPS) is 28.2. The molecule has 3 unspecified atom stereocenters. The van der Waals surface area contributed by atoms with E-state index in [0.29, 0.717) is 19.0 Å². The lowest BCUT2D eigenvalue weighted by molar-refractivity contribution is -0.138. The van der Waals surface area contributed by atoms with Crippen LogP contribution < -0.4 is 10.6 Å². The van der Waals surface area contributed by atoms with Crippen LogP contribution in [0.1, 0.15) is 42.7 Å². The van der Waals surface area contributed by atoms with Gasteiger partial charge in [-0.2, -0.15) is 13.2 Å². The third-order valence-electron chi connectivity index (χ3n) is 5.25. The SMILES string of the molecule is O=C(NC1CC(=O)N(C2CC2)C1)NC1CC1c1ccccc1C(F)(F)F. The second kappa shape index (κ2) is 6.17. The van der Waals surface area contributed by atoms with E-state index in [0.717, 1.165) is 18.9 Å². The van der Waals surface area contributed by atoms with Crippen LogP contribution in [0.2, 0.25) is 0 Å². The van der Waals surface area contributed by atoms with Crippen LogP contribution in [-0.4, -0.2) is 41.5 Å². The van der Waals surface area contributed by atoms with Crippen molar-refractivity contribution in [2.24, 2.45) is 0 Å². The number of nitrogens with one attached hydrogen (secondary N) is 2. The van der Waals surface area contributed by atoms with E-state index in [9.17, 15) is 22.8 Å². The topological polar surface area (TPSA) is 61.4 Å².